The predicted molar refractivity (Wildman–Crippen MR) is 95.1 cm³/mol. The number of aromatic carboxylic acids is 2. The lowest BCUT2D eigenvalue weighted by molar-refractivity contribution is 0.0682. The summed E-state index contributed by atoms with van der Waals surface area (Å²) in [5, 5.41) is 37.5. The lowest BCUT2D eigenvalue weighted by Crippen LogP contribution is -1.99. The van der Waals surface area contributed by atoms with E-state index in [2.05, 4.69) is 9.98 Å². The zero-order valence-corrected chi connectivity index (χ0v) is 13.5. The van der Waals surface area contributed by atoms with Crippen molar-refractivity contribution < 1.29 is 30.0 Å². The fourth-order valence-corrected chi connectivity index (χ4v) is 2.12. The Morgan fingerprint density at radius 3 is 1.50 bits per heavy atom. The van der Waals surface area contributed by atoms with Gasteiger partial charge in [-0.2, -0.15) is 0 Å². The Morgan fingerprint density at radius 1 is 0.769 bits per heavy atom. The van der Waals surface area contributed by atoms with Crippen LogP contribution >= 0.6 is 0 Å². The maximum Gasteiger partial charge on any atom is 0.339 e. The summed E-state index contributed by atoms with van der Waals surface area (Å²) in [4.78, 5) is 30.0. The highest BCUT2D eigenvalue weighted by Gasteiger charge is 2.12. The van der Waals surface area contributed by atoms with Crippen molar-refractivity contribution >= 4 is 24.4 Å². The number of para-hydroxylation sites is 2. The van der Waals surface area contributed by atoms with E-state index in [4.69, 9.17) is 10.2 Å². The van der Waals surface area contributed by atoms with Gasteiger partial charge in [0.15, 0.2) is 0 Å². The summed E-state index contributed by atoms with van der Waals surface area (Å²) in [5.74, 6) is -3.18. The standard InChI is InChI=1S/C18H16N2O6/c21-15-11(3-1-5-13(15)17(23)24)9-19-7-8-20-10-12-4-2-6-14(16(12)22)18(25)26/h1-6,9-10,21-22H,7-8H2,(H,23,24)(H,25,26). The van der Waals surface area contributed by atoms with E-state index >= 15 is 0 Å². The van der Waals surface area contributed by atoms with Crippen LogP contribution in [0.5, 0.6) is 11.5 Å². The second-order valence-electron chi connectivity index (χ2n) is 5.17. The fourth-order valence-electron chi connectivity index (χ4n) is 2.12. The third kappa shape index (κ3) is 4.44. The molecule has 0 atom stereocenters. The number of carbonyl (C=O) groups is 2. The molecule has 0 amide bonds. The first kappa shape index (κ1) is 18.7. The summed E-state index contributed by atoms with van der Waals surface area (Å²) in [7, 11) is 0. The minimum atomic E-state index is -1.23. The van der Waals surface area contributed by atoms with E-state index in [1.165, 1.54) is 48.8 Å². The molecule has 0 aromatic heterocycles. The predicted octanol–water partition coefficient (Wildman–Crippen LogP) is 2.03. The largest absolute Gasteiger partial charge is 0.506 e. The summed E-state index contributed by atoms with van der Waals surface area (Å²) in [6, 6.07) is 8.64. The number of aromatic hydroxyl groups is 2. The molecule has 8 heteroatoms. The van der Waals surface area contributed by atoms with Crippen molar-refractivity contribution in [2.24, 2.45) is 9.98 Å². The molecule has 0 aliphatic carbocycles. The van der Waals surface area contributed by atoms with Gasteiger partial charge in [0.25, 0.3) is 0 Å². The minimum Gasteiger partial charge on any atom is -0.506 e. The Kier molecular flexibility index (Phi) is 6.05. The van der Waals surface area contributed by atoms with Crippen molar-refractivity contribution in [2.75, 3.05) is 13.1 Å². The molecule has 0 saturated heterocycles. The molecule has 2 aromatic carbocycles. The number of hydrogen-bond acceptors (Lipinski definition) is 6. The van der Waals surface area contributed by atoms with Gasteiger partial charge in [-0.1, -0.05) is 12.1 Å². The normalized spacial score (nSPS) is 11.2. The van der Waals surface area contributed by atoms with E-state index in [0.717, 1.165) is 0 Å². The highest BCUT2D eigenvalue weighted by atomic mass is 16.4. The maximum atomic E-state index is 10.9. The molecular weight excluding hydrogens is 340 g/mol. The molecular formula is C18H16N2O6. The molecule has 0 radical (unpaired) electrons. The number of nitrogens with zero attached hydrogens (tertiary/aromatic N) is 2. The van der Waals surface area contributed by atoms with Crippen molar-refractivity contribution in [3.63, 3.8) is 0 Å². The first-order valence-electron chi connectivity index (χ1n) is 7.52. The Hall–Kier alpha value is -3.68. The Balaban J connectivity index is 1.97. The van der Waals surface area contributed by atoms with Crippen LogP contribution < -0.4 is 0 Å². The van der Waals surface area contributed by atoms with Crippen LogP contribution in [-0.2, 0) is 0 Å². The lowest BCUT2D eigenvalue weighted by atomic mass is 10.1. The van der Waals surface area contributed by atoms with E-state index < -0.39 is 11.9 Å². The van der Waals surface area contributed by atoms with Crippen LogP contribution in [0.25, 0.3) is 0 Å². The van der Waals surface area contributed by atoms with Gasteiger partial charge >= 0.3 is 11.9 Å². The molecule has 0 spiro atoms. The number of carboxylic acid groups (broad SMARTS) is 2. The van der Waals surface area contributed by atoms with Crippen molar-refractivity contribution in [1.82, 2.24) is 0 Å². The van der Waals surface area contributed by atoms with E-state index in [9.17, 15) is 19.8 Å². The Morgan fingerprint density at radius 2 is 1.15 bits per heavy atom. The summed E-state index contributed by atoms with van der Waals surface area (Å²) in [6.07, 6.45) is 2.69. The highest BCUT2D eigenvalue weighted by Crippen LogP contribution is 2.21. The van der Waals surface area contributed by atoms with Gasteiger partial charge in [-0.05, 0) is 24.3 Å². The van der Waals surface area contributed by atoms with Gasteiger partial charge in [0, 0.05) is 23.6 Å². The summed E-state index contributed by atoms with van der Waals surface area (Å²) in [6.45, 7) is 0.513. The van der Waals surface area contributed by atoms with Gasteiger partial charge in [-0.3, -0.25) is 9.98 Å². The lowest BCUT2D eigenvalue weighted by Gasteiger charge is -2.02. The van der Waals surface area contributed by atoms with Crippen LogP contribution in [0.2, 0.25) is 0 Å². The van der Waals surface area contributed by atoms with Crippen molar-refractivity contribution in [3.05, 3.63) is 58.7 Å². The number of hydrogen-bond donors (Lipinski definition) is 4. The smallest absolute Gasteiger partial charge is 0.339 e. The second kappa shape index (κ2) is 8.43. The zero-order chi connectivity index (χ0) is 19.1. The van der Waals surface area contributed by atoms with Gasteiger partial charge in [-0.25, -0.2) is 9.59 Å². The van der Waals surface area contributed by atoms with Crippen LogP contribution in [-0.4, -0.2) is 57.9 Å². The van der Waals surface area contributed by atoms with E-state index in [0.29, 0.717) is 0 Å². The molecule has 0 unspecified atom stereocenters. The SMILES string of the molecule is O=C(O)c1cccc(C=NCCN=Cc2cccc(C(=O)O)c2O)c1O. The van der Waals surface area contributed by atoms with Crippen molar-refractivity contribution in [2.45, 2.75) is 0 Å². The van der Waals surface area contributed by atoms with Crippen LogP contribution in [0.1, 0.15) is 31.8 Å². The first-order valence-corrected chi connectivity index (χ1v) is 7.52. The number of aliphatic imine (C=N–C) groups is 2. The molecule has 0 saturated carbocycles. The number of benzene rings is 2. The number of carboxylic acids is 2. The molecule has 8 nitrogen and oxygen atoms in total. The van der Waals surface area contributed by atoms with Gasteiger partial charge in [0.1, 0.15) is 22.6 Å². The van der Waals surface area contributed by atoms with Crippen LogP contribution in [0.3, 0.4) is 0 Å². The van der Waals surface area contributed by atoms with Crippen LogP contribution in [0.4, 0.5) is 0 Å². The quantitative estimate of drug-likeness (QED) is 0.442. The third-order valence-electron chi connectivity index (χ3n) is 3.41. The maximum absolute atomic E-state index is 10.9. The van der Waals surface area contributed by atoms with Crippen LogP contribution in [0.15, 0.2) is 46.4 Å². The van der Waals surface area contributed by atoms with E-state index in [-0.39, 0.29) is 46.8 Å². The minimum absolute atomic E-state index is 0.208. The highest BCUT2D eigenvalue weighted by molar-refractivity contribution is 5.96. The van der Waals surface area contributed by atoms with Gasteiger partial charge in [0.05, 0.1) is 13.1 Å². The molecule has 0 bridgehead atoms. The van der Waals surface area contributed by atoms with Crippen molar-refractivity contribution in [1.29, 1.82) is 0 Å². The summed E-state index contributed by atoms with van der Waals surface area (Å²) < 4.78 is 0. The second-order valence-corrected chi connectivity index (χ2v) is 5.17. The van der Waals surface area contributed by atoms with Crippen LogP contribution in [0, 0.1) is 0 Å². The average molecular weight is 356 g/mol. The van der Waals surface area contributed by atoms with E-state index in [1.54, 1.807) is 0 Å². The molecule has 2 rings (SSSR count). The molecule has 0 fully saturated rings. The molecule has 0 aliphatic heterocycles. The number of rotatable bonds is 7. The van der Waals surface area contributed by atoms with E-state index in [1.807, 2.05) is 0 Å². The molecule has 4 N–H and O–H groups in total. The molecule has 0 aliphatic rings. The summed E-state index contributed by atoms with van der Waals surface area (Å²) >= 11 is 0. The fraction of sp³-hybridized carbons (Fsp3) is 0.111. The Labute approximate surface area is 148 Å². The average Bonchev–Trinajstić information content (AvgIpc) is 2.60. The van der Waals surface area contributed by atoms with Gasteiger partial charge < -0.3 is 20.4 Å². The first-order chi connectivity index (χ1) is 12.4. The monoisotopic (exact) mass is 356 g/mol. The molecule has 134 valence electrons. The zero-order valence-electron chi connectivity index (χ0n) is 13.5. The topological polar surface area (TPSA) is 140 Å². The molecule has 2 aromatic rings. The van der Waals surface area contributed by atoms with Gasteiger partial charge in [-0.15, -0.1) is 0 Å². The van der Waals surface area contributed by atoms with Gasteiger partial charge in [0.2, 0.25) is 0 Å². The van der Waals surface area contributed by atoms with Crippen molar-refractivity contribution in [3.8, 4) is 11.5 Å². The molecule has 0 heterocycles. The third-order valence-corrected chi connectivity index (χ3v) is 3.41. The number of phenols is 2. The molecule has 26 heavy (non-hydrogen) atoms. The summed E-state index contributed by atoms with van der Waals surface area (Å²) in [5.41, 5.74) is 0.142. The Bertz CT molecular complexity index is 816.